The van der Waals surface area contributed by atoms with Crippen LogP contribution in [0.4, 0.5) is 11.4 Å². The van der Waals surface area contributed by atoms with Gasteiger partial charge in [0.1, 0.15) is 5.75 Å². The molecule has 0 fully saturated rings. The highest BCUT2D eigenvalue weighted by Gasteiger charge is 2.16. The first-order chi connectivity index (χ1) is 7.95. The van der Waals surface area contributed by atoms with Gasteiger partial charge in [-0.05, 0) is 24.1 Å². The largest absolute Gasteiger partial charge is 0.495 e. The summed E-state index contributed by atoms with van der Waals surface area (Å²) in [5.74, 6) is 0.897. The molecule has 1 unspecified atom stereocenters. The SMILES string of the molecule is COc1ccc(NC(=O)C(C)C(C)C)cc1N. The zero-order chi connectivity index (χ0) is 13.0. The van der Waals surface area contributed by atoms with E-state index >= 15 is 0 Å². The molecule has 0 radical (unpaired) electrons. The Morgan fingerprint density at radius 3 is 2.47 bits per heavy atom. The smallest absolute Gasteiger partial charge is 0.227 e. The summed E-state index contributed by atoms with van der Waals surface area (Å²) in [5.41, 5.74) is 6.98. The van der Waals surface area contributed by atoms with Crippen LogP contribution in [0.5, 0.6) is 5.75 Å². The van der Waals surface area contributed by atoms with Crippen molar-refractivity contribution in [2.24, 2.45) is 11.8 Å². The molecule has 0 heterocycles. The van der Waals surface area contributed by atoms with Crippen LogP contribution in [0.2, 0.25) is 0 Å². The number of amides is 1. The number of anilines is 2. The van der Waals surface area contributed by atoms with Gasteiger partial charge in [-0.3, -0.25) is 4.79 Å². The topological polar surface area (TPSA) is 64.3 Å². The molecule has 0 spiro atoms. The van der Waals surface area contributed by atoms with E-state index in [0.717, 1.165) is 0 Å². The van der Waals surface area contributed by atoms with Gasteiger partial charge in [0.15, 0.2) is 0 Å². The van der Waals surface area contributed by atoms with Crippen LogP contribution in [0, 0.1) is 11.8 Å². The predicted molar refractivity (Wildman–Crippen MR) is 70.0 cm³/mol. The molecular formula is C13H20N2O2. The lowest BCUT2D eigenvalue weighted by Crippen LogP contribution is -2.24. The van der Waals surface area contributed by atoms with Gasteiger partial charge in [-0.1, -0.05) is 20.8 Å². The molecule has 1 amide bonds. The van der Waals surface area contributed by atoms with Crippen molar-refractivity contribution < 1.29 is 9.53 Å². The van der Waals surface area contributed by atoms with Crippen molar-refractivity contribution in [2.75, 3.05) is 18.2 Å². The first-order valence-electron chi connectivity index (χ1n) is 5.70. The maximum absolute atomic E-state index is 11.8. The molecule has 3 N–H and O–H groups in total. The van der Waals surface area contributed by atoms with E-state index in [1.165, 1.54) is 0 Å². The summed E-state index contributed by atoms with van der Waals surface area (Å²) in [4.78, 5) is 11.8. The minimum Gasteiger partial charge on any atom is -0.495 e. The van der Waals surface area contributed by atoms with E-state index in [1.807, 2.05) is 20.8 Å². The van der Waals surface area contributed by atoms with Gasteiger partial charge in [-0.2, -0.15) is 0 Å². The monoisotopic (exact) mass is 236 g/mol. The van der Waals surface area contributed by atoms with Crippen molar-refractivity contribution >= 4 is 17.3 Å². The summed E-state index contributed by atoms with van der Waals surface area (Å²) in [6.07, 6.45) is 0. The minimum absolute atomic E-state index is 0.00423. The van der Waals surface area contributed by atoms with E-state index in [-0.39, 0.29) is 11.8 Å². The molecule has 0 aliphatic rings. The lowest BCUT2D eigenvalue weighted by atomic mass is 9.97. The number of benzene rings is 1. The molecule has 1 atom stereocenters. The molecule has 0 aromatic heterocycles. The van der Waals surface area contributed by atoms with Crippen molar-refractivity contribution in [1.82, 2.24) is 0 Å². The highest BCUT2D eigenvalue weighted by atomic mass is 16.5. The highest BCUT2D eigenvalue weighted by Crippen LogP contribution is 2.25. The molecule has 1 aromatic rings. The van der Waals surface area contributed by atoms with E-state index < -0.39 is 0 Å². The Morgan fingerprint density at radius 2 is 2.00 bits per heavy atom. The fourth-order valence-electron chi connectivity index (χ4n) is 1.37. The van der Waals surface area contributed by atoms with Crippen molar-refractivity contribution in [3.63, 3.8) is 0 Å². The second-order valence-corrected chi connectivity index (χ2v) is 4.48. The second-order valence-electron chi connectivity index (χ2n) is 4.48. The first kappa shape index (κ1) is 13.4. The van der Waals surface area contributed by atoms with Crippen LogP contribution in [-0.4, -0.2) is 13.0 Å². The molecule has 0 saturated heterocycles. The normalized spacial score (nSPS) is 12.3. The van der Waals surface area contributed by atoms with Crippen LogP contribution >= 0.6 is 0 Å². The summed E-state index contributed by atoms with van der Waals surface area (Å²) in [6, 6.07) is 5.22. The van der Waals surface area contributed by atoms with Gasteiger partial charge < -0.3 is 15.8 Å². The molecular weight excluding hydrogens is 216 g/mol. The Kier molecular flexibility index (Phi) is 4.37. The van der Waals surface area contributed by atoms with E-state index in [0.29, 0.717) is 23.0 Å². The summed E-state index contributed by atoms with van der Waals surface area (Å²) >= 11 is 0. The van der Waals surface area contributed by atoms with Crippen molar-refractivity contribution in [3.8, 4) is 5.75 Å². The molecule has 94 valence electrons. The fourth-order valence-corrected chi connectivity index (χ4v) is 1.37. The third-order valence-electron chi connectivity index (χ3n) is 2.91. The van der Waals surface area contributed by atoms with E-state index in [1.54, 1.807) is 25.3 Å². The van der Waals surface area contributed by atoms with Crippen LogP contribution in [0.1, 0.15) is 20.8 Å². The number of carbonyl (C=O) groups is 1. The third-order valence-corrected chi connectivity index (χ3v) is 2.91. The number of rotatable bonds is 4. The van der Waals surface area contributed by atoms with Gasteiger partial charge in [0, 0.05) is 11.6 Å². The van der Waals surface area contributed by atoms with E-state index in [2.05, 4.69) is 5.32 Å². The predicted octanol–water partition coefficient (Wildman–Crippen LogP) is 2.51. The highest BCUT2D eigenvalue weighted by molar-refractivity contribution is 5.93. The Bertz CT molecular complexity index is 402. The quantitative estimate of drug-likeness (QED) is 0.789. The lowest BCUT2D eigenvalue weighted by Gasteiger charge is -2.16. The van der Waals surface area contributed by atoms with Crippen molar-refractivity contribution in [2.45, 2.75) is 20.8 Å². The van der Waals surface area contributed by atoms with Gasteiger partial charge in [-0.25, -0.2) is 0 Å². The van der Waals surface area contributed by atoms with Gasteiger partial charge in [0.05, 0.1) is 12.8 Å². The van der Waals surface area contributed by atoms with Crippen molar-refractivity contribution in [3.05, 3.63) is 18.2 Å². The van der Waals surface area contributed by atoms with Crippen LogP contribution in [0.15, 0.2) is 18.2 Å². The fraction of sp³-hybridized carbons (Fsp3) is 0.462. The summed E-state index contributed by atoms with van der Waals surface area (Å²) < 4.78 is 5.05. The Hall–Kier alpha value is -1.71. The number of carbonyl (C=O) groups excluding carboxylic acids is 1. The maximum Gasteiger partial charge on any atom is 0.227 e. The summed E-state index contributed by atoms with van der Waals surface area (Å²) in [5, 5.41) is 2.84. The molecule has 4 nitrogen and oxygen atoms in total. The molecule has 17 heavy (non-hydrogen) atoms. The molecule has 4 heteroatoms. The third kappa shape index (κ3) is 3.37. The molecule has 0 aliphatic heterocycles. The first-order valence-corrected chi connectivity index (χ1v) is 5.70. The zero-order valence-corrected chi connectivity index (χ0v) is 10.8. The van der Waals surface area contributed by atoms with Gasteiger partial charge in [0.25, 0.3) is 0 Å². The van der Waals surface area contributed by atoms with Crippen LogP contribution in [-0.2, 0) is 4.79 Å². The van der Waals surface area contributed by atoms with Gasteiger partial charge in [0.2, 0.25) is 5.91 Å². The minimum atomic E-state index is -0.0293. The number of nitrogens with one attached hydrogen (secondary N) is 1. The molecule has 1 rings (SSSR count). The van der Waals surface area contributed by atoms with Gasteiger partial charge in [-0.15, -0.1) is 0 Å². The van der Waals surface area contributed by atoms with E-state index in [4.69, 9.17) is 10.5 Å². The second kappa shape index (κ2) is 5.57. The average molecular weight is 236 g/mol. The summed E-state index contributed by atoms with van der Waals surface area (Å²) in [6.45, 7) is 5.95. The number of methoxy groups -OCH3 is 1. The molecule has 0 aliphatic carbocycles. The maximum atomic E-state index is 11.8. The van der Waals surface area contributed by atoms with Crippen LogP contribution in [0.3, 0.4) is 0 Å². The standard InChI is InChI=1S/C13H20N2O2/c1-8(2)9(3)13(16)15-10-5-6-12(17-4)11(14)7-10/h5-9H,14H2,1-4H3,(H,15,16). The lowest BCUT2D eigenvalue weighted by molar-refractivity contribution is -0.120. The van der Waals surface area contributed by atoms with Crippen LogP contribution in [0.25, 0.3) is 0 Å². The zero-order valence-electron chi connectivity index (χ0n) is 10.8. The molecule has 1 aromatic carbocycles. The Balaban J connectivity index is 2.76. The van der Waals surface area contributed by atoms with E-state index in [9.17, 15) is 4.79 Å². The number of nitrogens with two attached hydrogens (primary N) is 1. The van der Waals surface area contributed by atoms with Gasteiger partial charge >= 0.3 is 0 Å². The number of hydrogen-bond donors (Lipinski definition) is 2. The molecule has 0 bridgehead atoms. The number of hydrogen-bond acceptors (Lipinski definition) is 3. The number of nitrogen functional groups attached to an aromatic ring is 1. The molecule has 0 saturated carbocycles. The Labute approximate surface area is 102 Å². The van der Waals surface area contributed by atoms with Crippen LogP contribution < -0.4 is 15.8 Å². The number of ether oxygens (including phenoxy) is 1. The Morgan fingerprint density at radius 1 is 1.35 bits per heavy atom. The summed E-state index contributed by atoms with van der Waals surface area (Å²) in [7, 11) is 1.56. The van der Waals surface area contributed by atoms with Crippen molar-refractivity contribution in [1.29, 1.82) is 0 Å². The average Bonchev–Trinajstić information content (AvgIpc) is 2.28.